The van der Waals surface area contributed by atoms with Crippen molar-refractivity contribution in [2.75, 3.05) is 39.4 Å². The van der Waals surface area contributed by atoms with Gasteiger partial charge in [0, 0.05) is 36.6 Å². The lowest BCUT2D eigenvalue weighted by Crippen LogP contribution is -2.38. The van der Waals surface area contributed by atoms with Crippen molar-refractivity contribution in [2.24, 2.45) is 0 Å². The third kappa shape index (κ3) is 5.83. The number of rotatable bonds is 9. The van der Waals surface area contributed by atoms with Gasteiger partial charge < -0.3 is 19.5 Å². The number of aliphatic hydroxyl groups is 1. The number of morpholine rings is 1. The molecule has 3 heterocycles. The molecule has 8 heteroatoms. The number of hydrogen-bond acceptors (Lipinski definition) is 7. The molecule has 2 fully saturated rings. The summed E-state index contributed by atoms with van der Waals surface area (Å²) in [5.74, 6) is -0.721. The number of ketones is 1. The maximum absolute atomic E-state index is 13.2. The van der Waals surface area contributed by atoms with Crippen LogP contribution in [0.2, 0.25) is 0 Å². The van der Waals surface area contributed by atoms with Gasteiger partial charge in [0.15, 0.2) is 0 Å². The molecule has 2 aliphatic heterocycles. The molecule has 198 valence electrons. The highest BCUT2D eigenvalue weighted by atomic mass is 32.1. The number of Topliss-reactive ketones (excluding diaryl/α,β-unsaturated/α-hetero) is 1. The zero-order valence-corrected chi connectivity index (χ0v) is 22.3. The lowest BCUT2D eigenvalue weighted by Gasteiger charge is -2.28. The Bertz CT molecular complexity index is 1300. The number of benzene rings is 2. The van der Waals surface area contributed by atoms with E-state index in [1.165, 1.54) is 16.9 Å². The van der Waals surface area contributed by atoms with E-state index in [0.717, 1.165) is 49.7 Å². The first-order valence-corrected chi connectivity index (χ1v) is 13.8. The van der Waals surface area contributed by atoms with Crippen molar-refractivity contribution in [3.05, 3.63) is 93.2 Å². The molecule has 1 atom stereocenters. The van der Waals surface area contributed by atoms with E-state index in [0.29, 0.717) is 24.5 Å². The first-order valence-electron chi connectivity index (χ1n) is 12.9. The molecule has 3 aromatic rings. The van der Waals surface area contributed by atoms with Gasteiger partial charge in [0.25, 0.3) is 11.7 Å². The van der Waals surface area contributed by atoms with Crippen molar-refractivity contribution in [1.29, 1.82) is 0 Å². The SMILES string of the molecule is Cc1cccc(COc2ccc(/C(O)=C3\C(=O)C(=O)N(CCCN4CCOCC4)[C@H]3c3cccs3)cc2)c1. The van der Waals surface area contributed by atoms with Gasteiger partial charge >= 0.3 is 0 Å². The number of amides is 1. The summed E-state index contributed by atoms with van der Waals surface area (Å²) >= 11 is 1.48. The quantitative estimate of drug-likeness (QED) is 0.243. The normalized spacial score (nSPS) is 19.7. The topological polar surface area (TPSA) is 79.3 Å². The Hall–Kier alpha value is -3.46. The zero-order valence-electron chi connectivity index (χ0n) is 21.5. The van der Waals surface area contributed by atoms with E-state index < -0.39 is 17.7 Å². The largest absolute Gasteiger partial charge is 0.507 e. The fraction of sp³-hybridized carbons (Fsp3) is 0.333. The predicted molar refractivity (Wildman–Crippen MR) is 147 cm³/mol. The van der Waals surface area contributed by atoms with Crippen LogP contribution in [0.3, 0.4) is 0 Å². The van der Waals surface area contributed by atoms with Crippen LogP contribution in [-0.4, -0.2) is 66.0 Å². The van der Waals surface area contributed by atoms with E-state index in [-0.39, 0.29) is 11.3 Å². The Balaban J connectivity index is 1.34. The highest BCUT2D eigenvalue weighted by Gasteiger charge is 2.46. The minimum atomic E-state index is -0.646. The summed E-state index contributed by atoms with van der Waals surface area (Å²) in [6.45, 7) is 6.92. The smallest absolute Gasteiger partial charge is 0.295 e. The number of thiophene rings is 1. The van der Waals surface area contributed by atoms with Crippen LogP contribution in [0.5, 0.6) is 5.75 Å². The summed E-state index contributed by atoms with van der Waals surface area (Å²) in [5, 5.41) is 13.2. The fourth-order valence-corrected chi connectivity index (χ4v) is 5.82. The van der Waals surface area contributed by atoms with Gasteiger partial charge in [-0.3, -0.25) is 14.5 Å². The Kier molecular flexibility index (Phi) is 8.22. The molecule has 0 bridgehead atoms. The van der Waals surface area contributed by atoms with Gasteiger partial charge in [-0.15, -0.1) is 11.3 Å². The predicted octanol–water partition coefficient (Wildman–Crippen LogP) is 4.78. The minimum Gasteiger partial charge on any atom is -0.507 e. The summed E-state index contributed by atoms with van der Waals surface area (Å²) in [6.07, 6.45) is 0.738. The number of ether oxygens (including phenoxy) is 2. The molecule has 2 aliphatic rings. The molecular formula is C30H32N2O5S. The maximum Gasteiger partial charge on any atom is 0.295 e. The lowest BCUT2D eigenvalue weighted by atomic mass is 10.00. The number of carbonyl (C=O) groups excluding carboxylic acids is 2. The monoisotopic (exact) mass is 532 g/mol. The number of hydrogen-bond donors (Lipinski definition) is 1. The molecule has 0 unspecified atom stereocenters. The number of aryl methyl sites for hydroxylation is 1. The van der Waals surface area contributed by atoms with Gasteiger partial charge in [-0.25, -0.2) is 0 Å². The fourth-order valence-electron chi connectivity index (χ4n) is 4.98. The van der Waals surface area contributed by atoms with E-state index in [9.17, 15) is 14.7 Å². The average Bonchev–Trinajstić information content (AvgIpc) is 3.55. The number of likely N-dealkylation sites (tertiary alicyclic amines) is 1. The van der Waals surface area contributed by atoms with Crippen LogP contribution in [-0.2, 0) is 20.9 Å². The van der Waals surface area contributed by atoms with Gasteiger partial charge in [0.2, 0.25) is 0 Å². The second kappa shape index (κ2) is 11.9. The molecular weight excluding hydrogens is 500 g/mol. The van der Waals surface area contributed by atoms with Crippen LogP contribution in [0, 0.1) is 6.92 Å². The molecule has 38 heavy (non-hydrogen) atoms. The zero-order chi connectivity index (χ0) is 26.5. The molecule has 0 aliphatic carbocycles. The summed E-state index contributed by atoms with van der Waals surface area (Å²) in [7, 11) is 0. The minimum absolute atomic E-state index is 0.136. The average molecular weight is 533 g/mol. The first kappa shape index (κ1) is 26.2. The van der Waals surface area contributed by atoms with Crippen LogP contribution in [0.4, 0.5) is 0 Å². The lowest BCUT2D eigenvalue weighted by molar-refractivity contribution is -0.140. The van der Waals surface area contributed by atoms with E-state index in [1.54, 1.807) is 29.2 Å². The number of nitrogens with zero attached hydrogens (tertiary/aromatic N) is 2. The van der Waals surface area contributed by atoms with Crippen LogP contribution in [0.1, 0.15) is 34.0 Å². The van der Waals surface area contributed by atoms with Crippen LogP contribution in [0.15, 0.2) is 71.6 Å². The molecule has 7 nitrogen and oxygen atoms in total. The third-order valence-electron chi connectivity index (χ3n) is 6.95. The van der Waals surface area contributed by atoms with Crippen molar-refractivity contribution in [1.82, 2.24) is 9.80 Å². The second-order valence-corrected chi connectivity index (χ2v) is 10.6. The number of carbonyl (C=O) groups is 2. The van der Waals surface area contributed by atoms with Crippen LogP contribution in [0.25, 0.3) is 5.76 Å². The van der Waals surface area contributed by atoms with E-state index in [4.69, 9.17) is 9.47 Å². The summed E-state index contributed by atoms with van der Waals surface area (Å²) in [6, 6.07) is 18.3. The first-order chi connectivity index (χ1) is 18.5. The van der Waals surface area contributed by atoms with Gasteiger partial charge in [0.05, 0.1) is 24.8 Å². The Morgan fingerprint density at radius 1 is 1.05 bits per heavy atom. The van der Waals surface area contributed by atoms with E-state index >= 15 is 0 Å². The highest BCUT2D eigenvalue weighted by molar-refractivity contribution is 7.10. The Morgan fingerprint density at radius 2 is 1.84 bits per heavy atom. The van der Waals surface area contributed by atoms with Crippen molar-refractivity contribution >= 4 is 28.8 Å². The van der Waals surface area contributed by atoms with E-state index in [1.807, 2.05) is 42.6 Å². The van der Waals surface area contributed by atoms with Crippen LogP contribution >= 0.6 is 11.3 Å². The molecule has 5 rings (SSSR count). The Morgan fingerprint density at radius 3 is 2.55 bits per heavy atom. The van der Waals surface area contributed by atoms with Crippen LogP contribution < -0.4 is 4.74 Å². The third-order valence-corrected chi connectivity index (χ3v) is 7.87. The van der Waals surface area contributed by atoms with Crippen molar-refractivity contribution in [3.8, 4) is 5.75 Å². The van der Waals surface area contributed by atoms with Crippen molar-refractivity contribution in [3.63, 3.8) is 0 Å². The molecule has 0 spiro atoms. The molecule has 1 N–H and O–H groups in total. The molecule has 2 saturated heterocycles. The summed E-state index contributed by atoms with van der Waals surface area (Å²) in [5.41, 5.74) is 2.85. The van der Waals surface area contributed by atoms with Gasteiger partial charge in [0.1, 0.15) is 18.1 Å². The van der Waals surface area contributed by atoms with Gasteiger partial charge in [-0.05, 0) is 54.6 Å². The van der Waals surface area contributed by atoms with E-state index in [2.05, 4.69) is 11.0 Å². The number of aliphatic hydroxyl groups excluding tert-OH is 1. The molecule has 0 radical (unpaired) electrons. The molecule has 1 aromatic heterocycles. The Labute approximate surface area is 226 Å². The van der Waals surface area contributed by atoms with Crippen molar-refractivity contribution in [2.45, 2.75) is 26.0 Å². The highest BCUT2D eigenvalue weighted by Crippen LogP contribution is 2.41. The van der Waals surface area contributed by atoms with Crippen molar-refractivity contribution < 1.29 is 24.2 Å². The molecule has 0 saturated carbocycles. The molecule has 2 aromatic carbocycles. The molecule has 1 amide bonds. The summed E-state index contributed by atoms with van der Waals surface area (Å²) in [4.78, 5) is 31.1. The maximum atomic E-state index is 13.2. The standard InChI is InChI=1S/C30H32N2O5S/c1-21-5-2-6-22(19-21)20-37-24-10-8-23(9-11-24)28(33)26-27(25-7-3-18-38-25)32(30(35)29(26)34)13-4-12-31-14-16-36-17-15-31/h2-3,5-11,18-19,27,33H,4,12-17,20H2,1H3/b28-26+/t27-/m0/s1. The summed E-state index contributed by atoms with van der Waals surface area (Å²) < 4.78 is 11.3. The second-order valence-electron chi connectivity index (χ2n) is 9.62. The van der Waals surface area contributed by atoms with Gasteiger partial charge in [-0.2, -0.15) is 0 Å². The van der Waals surface area contributed by atoms with Gasteiger partial charge in [-0.1, -0.05) is 35.9 Å².